The van der Waals surface area contributed by atoms with Crippen molar-refractivity contribution in [2.45, 2.75) is 46.1 Å². The van der Waals surface area contributed by atoms with Gasteiger partial charge in [-0.05, 0) is 18.1 Å². The molecule has 0 aliphatic rings. The highest BCUT2D eigenvalue weighted by Gasteiger charge is 2.18. The van der Waals surface area contributed by atoms with Crippen molar-refractivity contribution in [1.82, 2.24) is 20.1 Å². The fourth-order valence-corrected chi connectivity index (χ4v) is 2.71. The summed E-state index contributed by atoms with van der Waals surface area (Å²) in [4.78, 5) is 13.5. The van der Waals surface area contributed by atoms with Crippen LogP contribution >= 0.6 is 0 Å². The zero-order chi connectivity index (χ0) is 21.0. The largest absolute Gasteiger partial charge is 0.493 e. The molecule has 0 atom stereocenters. The summed E-state index contributed by atoms with van der Waals surface area (Å²) >= 11 is 0. The first kappa shape index (κ1) is 20.6. The predicted molar refractivity (Wildman–Crippen MR) is 107 cm³/mol. The Labute approximate surface area is 170 Å². The van der Waals surface area contributed by atoms with Crippen LogP contribution in [0.25, 0.3) is 11.4 Å². The maximum absolute atomic E-state index is 5.82. The number of aromatic nitrogens is 4. The van der Waals surface area contributed by atoms with Gasteiger partial charge in [0.25, 0.3) is 5.89 Å². The quantitative estimate of drug-likeness (QED) is 0.552. The summed E-state index contributed by atoms with van der Waals surface area (Å²) in [5.74, 6) is 3.58. The lowest BCUT2D eigenvalue weighted by atomic mass is 10.1. The molecule has 0 spiro atoms. The van der Waals surface area contributed by atoms with Gasteiger partial charge in [-0.1, -0.05) is 38.9 Å². The van der Waals surface area contributed by atoms with E-state index >= 15 is 0 Å². The van der Waals surface area contributed by atoms with Crippen molar-refractivity contribution in [3.63, 3.8) is 0 Å². The van der Waals surface area contributed by atoms with Crippen LogP contribution in [0.15, 0.2) is 28.8 Å². The second-order valence-electron chi connectivity index (χ2n) is 7.14. The van der Waals surface area contributed by atoms with Gasteiger partial charge < -0.3 is 18.7 Å². The van der Waals surface area contributed by atoms with E-state index in [9.17, 15) is 0 Å². The Balaban J connectivity index is 1.80. The van der Waals surface area contributed by atoms with Gasteiger partial charge in [0.05, 0.1) is 25.5 Å². The number of hydrogen-bond acceptors (Lipinski definition) is 8. The van der Waals surface area contributed by atoms with Crippen molar-refractivity contribution in [2.75, 3.05) is 14.2 Å². The molecule has 8 nitrogen and oxygen atoms in total. The lowest BCUT2D eigenvalue weighted by Gasteiger charge is -2.12. The van der Waals surface area contributed by atoms with Crippen molar-refractivity contribution in [3.8, 4) is 28.8 Å². The van der Waals surface area contributed by atoms with Gasteiger partial charge in [0, 0.05) is 12.0 Å². The van der Waals surface area contributed by atoms with Crippen molar-refractivity contribution in [2.24, 2.45) is 0 Å². The molecule has 2 heterocycles. The zero-order valence-corrected chi connectivity index (χ0v) is 17.6. The van der Waals surface area contributed by atoms with Crippen LogP contribution in [-0.4, -0.2) is 34.3 Å². The number of methoxy groups -OCH3 is 2. The van der Waals surface area contributed by atoms with Gasteiger partial charge in [-0.25, -0.2) is 4.98 Å². The summed E-state index contributed by atoms with van der Waals surface area (Å²) in [6.07, 6.45) is 0. The lowest BCUT2D eigenvalue weighted by molar-refractivity contribution is 0.234. The van der Waals surface area contributed by atoms with Crippen LogP contribution in [0, 0.1) is 0 Å². The summed E-state index contributed by atoms with van der Waals surface area (Å²) in [5.41, 5.74) is 1.61. The standard InChI is InChI=1S/C21H26N4O4/c1-12(2)15-10-17(23-20(22-15)13(3)4)28-11-18-24-21(25-29-18)14-8-7-9-16(26-5)19(14)27-6/h7-10,12-13H,11H2,1-6H3. The molecule has 3 rings (SSSR count). The van der Waals surface area contributed by atoms with E-state index in [4.69, 9.17) is 18.7 Å². The van der Waals surface area contributed by atoms with E-state index in [0.717, 1.165) is 11.5 Å². The first-order valence-corrected chi connectivity index (χ1v) is 9.48. The molecule has 154 valence electrons. The van der Waals surface area contributed by atoms with Gasteiger partial charge in [0.1, 0.15) is 5.82 Å². The molecule has 0 amide bonds. The van der Waals surface area contributed by atoms with E-state index in [0.29, 0.717) is 34.7 Å². The molecule has 0 radical (unpaired) electrons. The summed E-state index contributed by atoms with van der Waals surface area (Å²) in [6, 6.07) is 7.33. The minimum absolute atomic E-state index is 0.103. The minimum atomic E-state index is 0.103. The third-order valence-electron chi connectivity index (χ3n) is 4.30. The van der Waals surface area contributed by atoms with E-state index in [1.807, 2.05) is 18.2 Å². The minimum Gasteiger partial charge on any atom is -0.493 e. The van der Waals surface area contributed by atoms with Gasteiger partial charge >= 0.3 is 0 Å². The van der Waals surface area contributed by atoms with E-state index in [-0.39, 0.29) is 18.4 Å². The molecule has 8 heteroatoms. The topological polar surface area (TPSA) is 92.4 Å². The maximum atomic E-state index is 5.82. The molecule has 0 saturated heterocycles. The molecule has 0 bridgehead atoms. The molecule has 29 heavy (non-hydrogen) atoms. The molecule has 0 N–H and O–H groups in total. The monoisotopic (exact) mass is 398 g/mol. The Morgan fingerprint density at radius 1 is 0.966 bits per heavy atom. The van der Waals surface area contributed by atoms with Crippen LogP contribution in [-0.2, 0) is 6.61 Å². The second-order valence-corrected chi connectivity index (χ2v) is 7.14. The number of ether oxygens (including phenoxy) is 3. The Bertz CT molecular complexity index is 943. The second kappa shape index (κ2) is 8.89. The van der Waals surface area contributed by atoms with Crippen LogP contribution in [0.4, 0.5) is 0 Å². The SMILES string of the molecule is COc1cccc(-c2noc(COc3cc(C(C)C)nc(C(C)C)n3)n2)c1OC. The third kappa shape index (κ3) is 4.64. The molecular weight excluding hydrogens is 372 g/mol. The first-order valence-electron chi connectivity index (χ1n) is 9.48. The Hall–Kier alpha value is -3.16. The molecule has 1 aromatic carbocycles. The Morgan fingerprint density at radius 3 is 2.41 bits per heavy atom. The van der Waals surface area contributed by atoms with E-state index in [1.54, 1.807) is 20.3 Å². The zero-order valence-electron chi connectivity index (χ0n) is 17.6. The van der Waals surface area contributed by atoms with Crippen LogP contribution < -0.4 is 14.2 Å². The van der Waals surface area contributed by atoms with Gasteiger partial charge in [-0.3, -0.25) is 0 Å². The van der Waals surface area contributed by atoms with Crippen molar-refractivity contribution < 1.29 is 18.7 Å². The normalized spacial score (nSPS) is 11.2. The molecular formula is C21H26N4O4. The van der Waals surface area contributed by atoms with Crippen LogP contribution in [0.1, 0.15) is 56.9 Å². The Morgan fingerprint density at radius 2 is 1.76 bits per heavy atom. The van der Waals surface area contributed by atoms with E-state index in [1.165, 1.54) is 0 Å². The number of rotatable bonds is 8. The summed E-state index contributed by atoms with van der Waals surface area (Å²) in [5, 5.41) is 4.04. The van der Waals surface area contributed by atoms with Crippen LogP contribution in [0.5, 0.6) is 17.4 Å². The molecule has 0 fully saturated rings. The van der Waals surface area contributed by atoms with Crippen molar-refractivity contribution >= 4 is 0 Å². The number of hydrogen-bond donors (Lipinski definition) is 0. The smallest absolute Gasteiger partial charge is 0.264 e. The van der Waals surface area contributed by atoms with Crippen molar-refractivity contribution in [1.29, 1.82) is 0 Å². The van der Waals surface area contributed by atoms with E-state index < -0.39 is 0 Å². The fourth-order valence-electron chi connectivity index (χ4n) is 2.71. The summed E-state index contributed by atoms with van der Waals surface area (Å²) < 4.78 is 21.9. The number of para-hydroxylation sites is 1. The fraction of sp³-hybridized carbons (Fsp3) is 0.429. The molecule has 0 aliphatic heterocycles. The highest BCUT2D eigenvalue weighted by atomic mass is 16.5. The molecule has 0 aliphatic carbocycles. The van der Waals surface area contributed by atoms with Gasteiger partial charge in [0.15, 0.2) is 18.1 Å². The van der Waals surface area contributed by atoms with Gasteiger partial charge in [-0.2, -0.15) is 9.97 Å². The van der Waals surface area contributed by atoms with Gasteiger partial charge in [-0.15, -0.1) is 0 Å². The molecule has 0 saturated carbocycles. The summed E-state index contributed by atoms with van der Waals surface area (Å²) in [6.45, 7) is 8.37. The van der Waals surface area contributed by atoms with Crippen molar-refractivity contribution in [3.05, 3.63) is 41.7 Å². The van der Waals surface area contributed by atoms with Gasteiger partial charge in [0.2, 0.25) is 11.7 Å². The molecule has 0 unspecified atom stereocenters. The number of nitrogens with zero attached hydrogens (tertiary/aromatic N) is 4. The molecule has 3 aromatic rings. The lowest BCUT2D eigenvalue weighted by Crippen LogP contribution is -2.06. The highest BCUT2D eigenvalue weighted by molar-refractivity contribution is 5.68. The third-order valence-corrected chi connectivity index (χ3v) is 4.30. The average Bonchev–Trinajstić information content (AvgIpc) is 3.20. The average molecular weight is 398 g/mol. The maximum Gasteiger partial charge on any atom is 0.264 e. The highest BCUT2D eigenvalue weighted by Crippen LogP contribution is 2.36. The van der Waals surface area contributed by atoms with Crippen LogP contribution in [0.2, 0.25) is 0 Å². The van der Waals surface area contributed by atoms with E-state index in [2.05, 4.69) is 47.8 Å². The Kier molecular flexibility index (Phi) is 6.31. The summed E-state index contributed by atoms with van der Waals surface area (Å²) in [7, 11) is 3.15. The van der Waals surface area contributed by atoms with Crippen LogP contribution in [0.3, 0.4) is 0 Å². The predicted octanol–water partition coefficient (Wildman–Crippen LogP) is 4.37. The molecule has 2 aromatic heterocycles. The number of benzene rings is 1. The first-order chi connectivity index (χ1) is 13.9.